The second-order valence-electron chi connectivity index (χ2n) is 7.06. The lowest BCUT2D eigenvalue weighted by Gasteiger charge is -2.29. The molecule has 2 aromatic heterocycles. The standard InChI is InChI=1S/C20H20ClN7O3/c1-12-18(28(30)31)20(26-25-12)24-16-10-17(27-8-6-22-7-9-27)23-11-14(16)19(29)13-4-2-3-5-15(13)21/h2-5,10-11,22H,6-9H2,1H3,(H2,23,24,25,26). The average Bonchev–Trinajstić information content (AvgIpc) is 3.14. The zero-order chi connectivity index (χ0) is 22.0. The first-order valence-electron chi connectivity index (χ1n) is 9.67. The summed E-state index contributed by atoms with van der Waals surface area (Å²) in [5.74, 6) is 0.338. The van der Waals surface area contributed by atoms with Crippen LogP contribution in [0.1, 0.15) is 21.6 Å². The summed E-state index contributed by atoms with van der Waals surface area (Å²) in [5, 5.41) is 24.7. The number of halogens is 1. The number of aromatic nitrogens is 3. The number of carbonyl (C=O) groups excluding carboxylic acids is 1. The lowest BCUT2D eigenvalue weighted by Crippen LogP contribution is -2.43. The largest absolute Gasteiger partial charge is 0.354 e. The third-order valence-electron chi connectivity index (χ3n) is 5.04. The van der Waals surface area contributed by atoms with E-state index in [1.807, 2.05) is 0 Å². The number of rotatable bonds is 6. The number of piperazine rings is 1. The van der Waals surface area contributed by atoms with Gasteiger partial charge in [0.25, 0.3) is 0 Å². The van der Waals surface area contributed by atoms with Gasteiger partial charge in [-0.15, -0.1) is 5.10 Å². The molecule has 3 N–H and O–H groups in total. The van der Waals surface area contributed by atoms with Gasteiger partial charge in [0.1, 0.15) is 11.5 Å². The third-order valence-corrected chi connectivity index (χ3v) is 5.37. The first kappa shape index (κ1) is 20.8. The third kappa shape index (κ3) is 4.21. The molecule has 0 saturated carbocycles. The molecule has 1 saturated heterocycles. The molecule has 0 radical (unpaired) electrons. The Morgan fingerprint density at radius 1 is 1.26 bits per heavy atom. The zero-order valence-corrected chi connectivity index (χ0v) is 17.4. The lowest BCUT2D eigenvalue weighted by atomic mass is 10.0. The summed E-state index contributed by atoms with van der Waals surface area (Å²) >= 11 is 6.22. The molecule has 0 aliphatic carbocycles. The van der Waals surface area contributed by atoms with E-state index in [-0.39, 0.29) is 22.9 Å². The highest BCUT2D eigenvalue weighted by molar-refractivity contribution is 6.35. The van der Waals surface area contributed by atoms with Crippen LogP contribution in [0, 0.1) is 17.0 Å². The summed E-state index contributed by atoms with van der Waals surface area (Å²) < 4.78 is 0. The number of nitro groups is 1. The minimum absolute atomic E-state index is 0.0215. The van der Waals surface area contributed by atoms with Crippen molar-refractivity contribution < 1.29 is 9.72 Å². The maximum Gasteiger partial charge on any atom is 0.333 e. The summed E-state index contributed by atoms with van der Waals surface area (Å²) in [7, 11) is 0. The fourth-order valence-corrected chi connectivity index (χ4v) is 3.67. The molecule has 0 amide bonds. The van der Waals surface area contributed by atoms with Crippen molar-refractivity contribution in [3.8, 4) is 0 Å². The number of hydrogen-bond acceptors (Lipinski definition) is 8. The molecule has 10 nitrogen and oxygen atoms in total. The van der Waals surface area contributed by atoms with E-state index in [2.05, 4.69) is 30.7 Å². The smallest absolute Gasteiger partial charge is 0.333 e. The van der Waals surface area contributed by atoms with Crippen LogP contribution in [0.3, 0.4) is 0 Å². The van der Waals surface area contributed by atoms with Crippen molar-refractivity contribution in [1.29, 1.82) is 0 Å². The SMILES string of the molecule is Cc1[nH]nc(Nc2cc(N3CCNCC3)ncc2C(=O)c2ccccc2Cl)c1[N+](=O)[O-]. The number of H-pyrrole nitrogens is 1. The number of carbonyl (C=O) groups is 1. The Kier molecular flexibility index (Phi) is 5.83. The van der Waals surface area contributed by atoms with Crippen molar-refractivity contribution in [2.24, 2.45) is 0 Å². The second-order valence-corrected chi connectivity index (χ2v) is 7.47. The highest BCUT2D eigenvalue weighted by Crippen LogP contribution is 2.32. The molecule has 3 aromatic rings. The molecule has 31 heavy (non-hydrogen) atoms. The minimum Gasteiger partial charge on any atom is -0.354 e. The highest BCUT2D eigenvalue weighted by atomic mass is 35.5. The van der Waals surface area contributed by atoms with E-state index in [9.17, 15) is 14.9 Å². The average molecular weight is 442 g/mol. The van der Waals surface area contributed by atoms with Gasteiger partial charge in [0.15, 0.2) is 5.78 Å². The lowest BCUT2D eigenvalue weighted by molar-refractivity contribution is -0.384. The van der Waals surface area contributed by atoms with Crippen LogP contribution in [0.4, 0.5) is 23.0 Å². The van der Waals surface area contributed by atoms with Gasteiger partial charge in [-0.2, -0.15) is 0 Å². The van der Waals surface area contributed by atoms with Gasteiger partial charge >= 0.3 is 5.69 Å². The van der Waals surface area contributed by atoms with Crippen LogP contribution in [0.15, 0.2) is 36.5 Å². The van der Waals surface area contributed by atoms with E-state index in [1.54, 1.807) is 37.3 Å². The number of hydrogen-bond donors (Lipinski definition) is 3. The minimum atomic E-state index is -0.519. The summed E-state index contributed by atoms with van der Waals surface area (Å²) in [5.41, 5.74) is 1.04. The zero-order valence-electron chi connectivity index (χ0n) is 16.7. The number of nitrogens with one attached hydrogen (secondary N) is 3. The number of benzene rings is 1. The van der Waals surface area contributed by atoms with Gasteiger partial charge in [0.05, 0.1) is 21.2 Å². The molecule has 160 valence electrons. The maximum atomic E-state index is 13.2. The highest BCUT2D eigenvalue weighted by Gasteiger charge is 2.25. The molecule has 4 rings (SSSR count). The number of ketones is 1. The van der Waals surface area contributed by atoms with E-state index in [4.69, 9.17) is 11.6 Å². The number of pyridine rings is 1. The van der Waals surface area contributed by atoms with Gasteiger partial charge in [-0.05, 0) is 19.1 Å². The van der Waals surface area contributed by atoms with Crippen molar-refractivity contribution >= 4 is 40.4 Å². The van der Waals surface area contributed by atoms with Gasteiger partial charge in [-0.25, -0.2) is 4.98 Å². The van der Waals surface area contributed by atoms with Gasteiger partial charge in [-0.1, -0.05) is 23.7 Å². The van der Waals surface area contributed by atoms with Crippen LogP contribution in [0.25, 0.3) is 0 Å². The molecular formula is C20H20ClN7O3. The first-order valence-corrected chi connectivity index (χ1v) is 10.0. The van der Waals surface area contributed by atoms with Gasteiger partial charge in [-0.3, -0.25) is 20.0 Å². The van der Waals surface area contributed by atoms with Crippen molar-refractivity contribution in [3.05, 3.63) is 68.5 Å². The quantitative estimate of drug-likeness (QED) is 0.302. The molecule has 0 atom stereocenters. The van der Waals surface area contributed by atoms with E-state index in [1.165, 1.54) is 6.20 Å². The fourth-order valence-electron chi connectivity index (χ4n) is 3.45. The molecule has 0 spiro atoms. The van der Waals surface area contributed by atoms with Crippen molar-refractivity contribution in [2.75, 3.05) is 36.4 Å². The van der Waals surface area contributed by atoms with Crippen molar-refractivity contribution in [1.82, 2.24) is 20.5 Å². The van der Waals surface area contributed by atoms with Crippen LogP contribution in [0.5, 0.6) is 0 Å². The Labute approximate surface area is 182 Å². The summed E-state index contributed by atoms with van der Waals surface area (Å²) in [6, 6.07) is 8.42. The summed E-state index contributed by atoms with van der Waals surface area (Å²) in [6.45, 7) is 4.70. The second kappa shape index (κ2) is 8.70. The normalized spacial score (nSPS) is 13.8. The Balaban J connectivity index is 1.78. The molecule has 1 aliphatic rings. The molecule has 3 heterocycles. The van der Waals surface area contributed by atoms with Crippen LogP contribution >= 0.6 is 11.6 Å². The van der Waals surface area contributed by atoms with Crippen molar-refractivity contribution in [2.45, 2.75) is 6.92 Å². The van der Waals surface area contributed by atoms with Gasteiger partial charge in [0, 0.05) is 44.0 Å². The number of anilines is 3. The van der Waals surface area contributed by atoms with Crippen LogP contribution in [0.2, 0.25) is 5.02 Å². The molecular weight excluding hydrogens is 422 g/mol. The van der Waals surface area contributed by atoms with E-state index >= 15 is 0 Å². The Hall–Kier alpha value is -3.50. The van der Waals surface area contributed by atoms with E-state index < -0.39 is 4.92 Å². The van der Waals surface area contributed by atoms with E-state index in [0.717, 1.165) is 26.2 Å². The Morgan fingerprint density at radius 2 is 2.00 bits per heavy atom. The Morgan fingerprint density at radius 3 is 2.71 bits per heavy atom. The van der Waals surface area contributed by atoms with Crippen LogP contribution in [-0.2, 0) is 0 Å². The summed E-state index contributed by atoms with van der Waals surface area (Å²) in [4.78, 5) is 30.8. The topological polar surface area (TPSA) is 129 Å². The van der Waals surface area contributed by atoms with Gasteiger partial charge < -0.3 is 15.5 Å². The molecule has 1 aromatic carbocycles. The predicted octanol–water partition coefficient (Wildman–Crippen LogP) is 3.06. The Bertz CT molecular complexity index is 1140. The molecule has 0 bridgehead atoms. The number of nitrogens with zero attached hydrogens (tertiary/aromatic N) is 4. The predicted molar refractivity (Wildman–Crippen MR) is 117 cm³/mol. The molecule has 1 aliphatic heterocycles. The van der Waals surface area contributed by atoms with E-state index in [0.29, 0.717) is 27.8 Å². The fraction of sp³-hybridized carbons (Fsp3) is 0.250. The monoisotopic (exact) mass is 441 g/mol. The van der Waals surface area contributed by atoms with Crippen LogP contribution < -0.4 is 15.5 Å². The maximum absolute atomic E-state index is 13.2. The number of aromatic amines is 1. The molecule has 11 heteroatoms. The van der Waals surface area contributed by atoms with Crippen molar-refractivity contribution in [3.63, 3.8) is 0 Å². The van der Waals surface area contributed by atoms with Crippen LogP contribution in [-0.4, -0.2) is 52.1 Å². The summed E-state index contributed by atoms with van der Waals surface area (Å²) in [6.07, 6.45) is 1.47. The molecule has 1 fully saturated rings. The van der Waals surface area contributed by atoms with Gasteiger partial charge in [0.2, 0.25) is 5.82 Å². The molecule has 0 unspecified atom stereocenters. The first-order chi connectivity index (χ1) is 15.0. The number of aryl methyl sites for hydroxylation is 1.